The van der Waals surface area contributed by atoms with Gasteiger partial charge in [-0.1, -0.05) is 42.9 Å². The Labute approximate surface area is 181 Å². The Balaban J connectivity index is 1.93. The van der Waals surface area contributed by atoms with Crippen LogP contribution in [-0.4, -0.2) is 30.5 Å². The third kappa shape index (κ3) is 5.75. The van der Waals surface area contributed by atoms with Gasteiger partial charge < -0.3 is 0 Å². The zero-order valence-corrected chi connectivity index (χ0v) is 18.5. The lowest BCUT2D eigenvalue weighted by Crippen LogP contribution is -2.08. The predicted molar refractivity (Wildman–Crippen MR) is 113 cm³/mol. The monoisotopic (exact) mass is 453 g/mol. The molecule has 0 spiro atoms. The van der Waals surface area contributed by atoms with Crippen molar-refractivity contribution >= 4 is 23.5 Å². The van der Waals surface area contributed by atoms with E-state index in [1.807, 2.05) is 19.9 Å². The Morgan fingerprint density at radius 1 is 1.00 bits per heavy atom. The number of hydrogen-bond donors (Lipinski definition) is 0. The second-order valence-corrected chi connectivity index (χ2v) is 8.71. The number of halogens is 3. The van der Waals surface area contributed by atoms with E-state index in [0.717, 1.165) is 42.1 Å². The van der Waals surface area contributed by atoms with Crippen molar-refractivity contribution in [3.8, 4) is 5.69 Å². The Kier molecular flexibility index (Phi) is 7.41. The number of aryl methyl sites for hydroxylation is 2. The SMILES string of the molecule is CCCCSc1nnc(CSc2nc(C)cc(C)n2)n1-c1cccc(C(F)(F)F)c1. The molecule has 0 atom stereocenters. The summed E-state index contributed by atoms with van der Waals surface area (Å²) >= 11 is 2.88. The highest BCUT2D eigenvalue weighted by atomic mass is 32.2. The van der Waals surface area contributed by atoms with Gasteiger partial charge in [0.25, 0.3) is 0 Å². The molecule has 0 fully saturated rings. The third-order valence-electron chi connectivity index (χ3n) is 4.15. The van der Waals surface area contributed by atoms with Gasteiger partial charge in [-0.15, -0.1) is 10.2 Å². The Morgan fingerprint density at radius 2 is 1.73 bits per heavy atom. The van der Waals surface area contributed by atoms with E-state index < -0.39 is 11.7 Å². The molecule has 2 heterocycles. The molecule has 0 radical (unpaired) electrons. The van der Waals surface area contributed by atoms with Gasteiger partial charge in [-0.25, -0.2) is 9.97 Å². The molecule has 0 N–H and O–H groups in total. The summed E-state index contributed by atoms with van der Waals surface area (Å²) in [7, 11) is 0. The van der Waals surface area contributed by atoms with Gasteiger partial charge in [0, 0.05) is 17.1 Å². The minimum Gasteiger partial charge on any atom is -0.273 e. The van der Waals surface area contributed by atoms with Crippen LogP contribution in [0.2, 0.25) is 0 Å². The summed E-state index contributed by atoms with van der Waals surface area (Å²) in [6, 6.07) is 7.13. The second kappa shape index (κ2) is 9.82. The molecule has 0 aliphatic rings. The van der Waals surface area contributed by atoms with Gasteiger partial charge in [0.05, 0.1) is 17.0 Å². The summed E-state index contributed by atoms with van der Waals surface area (Å²) in [4.78, 5) is 8.81. The maximum absolute atomic E-state index is 13.2. The average molecular weight is 454 g/mol. The average Bonchev–Trinajstić information content (AvgIpc) is 3.08. The fourth-order valence-corrected chi connectivity index (χ4v) is 4.68. The van der Waals surface area contributed by atoms with Crippen molar-refractivity contribution in [3.63, 3.8) is 0 Å². The van der Waals surface area contributed by atoms with Crippen LogP contribution in [0.4, 0.5) is 13.2 Å². The number of benzene rings is 1. The van der Waals surface area contributed by atoms with Crippen molar-refractivity contribution in [2.45, 2.75) is 55.9 Å². The van der Waals surface area contributed by atoms with Crippen LogP contribution < -0.4 is 0 Å². The minimum atomic E-state index is -4.42. The molecule has 10 heteroatoms. The van der Waals surface area contributed by atoms with E-state index in [4.69, 9.17) is 0 Å². The topological polar surface area (TPSA) is 56.5 Å². The fraction of sp³-hybridized carbons (Fsp3) is 0.400. The molecule has 0 saturated carbocycles. The summed E-state index contributed by atoms with van der Waals surface area (Å²) in [5.74, 6) is 1.77. The number of rotatable bonds is 8. The molecule has 0 amide bonds. The lowest BCUT2D eigenvalue weighted by atomic mass is 10.2. The van der Waals surface area contributed by atoms with Crippen LogP contribution in [-0.2, 0) is 11.9 Å². The Hall–Kier alpha value is -2.07. The first-order valence-electron chi connectivity index (χ1n) is 9.47. The van der Waals surface area contributed by atoms with Crippen LogP contribution in [0.1, 0.15) is 42.5 Å². The molecule has 3 rings (SSSR count). The molecule has 160 valence electrons. The number of hydrogen-bond acceptors (Lipinski definition) is 6. The summed E-state index contributed by atoms with van der Waals surface area (Å²) in [6.07, 6.45) is -2.40. The minimum absolute atomic E-state index is 0.389. The molecule has 0 bridgehead atoms. The smallest absolute Gasteiger partial charge is 0.273 e. The summed E-state index contributed by atoms with van der Waals surface area (Å²) in [5, 5.41) is 9.69. The van der Waals surface area contributed by atoms with Gasteiger partial charge in [-0.3, -0.25) is 4.57 Å². The lowest BCUT2D eigenvalue weighted by molar-refractivity contribution is -0.137. The molecule has 0 aliphatic carbocycles. The van der Waals surface area contributed by atoms with E-state index in [-0.39, 0.29) is 0 Å². The van der Waals surface area contributed by atoms with Crippen molar-refractivity contribution < 1.29 is 13.2 Å². The predicted octanol–water partition coefficient (Wildman–Crippen LogP) is 5.88. The zero-order valence-electron chi connectivity index (χ0n) is 16.9. The lowest BCUT2D eigenvalue weighted by Gasteiger charge is -2.13. The zero-order chi connectivity index (χ0) is 21.7. The van der Waals surface area contributed by atoms with Gasteiger partial charge in [-0.05, 0) is 44.5 Å². The molecule has 0 saturated heterocycles. The highest BCUT2D eigenvalue weighted by Gasteiger charge is 2.31. The van der Waals surface area contributed by atoms with Crippen molar-refractivity contribution in [1.29, 1.82) is 0 Å². The van der Waals surface area contributed by atoms with E-state index >= 15 is 0 Å². The van der Waals surface area contributed by atoms with Crippen molar-refractivity contribution in [2.75, 3.05) is 5.75 Å². The molecule has 3 aromatic rings. The fourth-order valence-electron chi connectivity index (χ4n) is 2.76. The third-order valence-corrected chi connectivity index (χ3v) is 6.01. The first kappa shape index (κ1) is 22.6. The number of thioether (sulfide) groups is 2. The molecule has 0 unspecified atom stereocenters. The maximum atomic E-state index is 13.2. The van der Waals surface area contributed by atoms with Crippen LogP contribution in [0.15, 0.2) is 40.6 Å². The number of unbranched alkanes of at least 4 members (excludes halogenated alkanes) is 1. The Bertz CT molecular complexity index is 984. The normalized spacial score (nSPS) is 11.8. The van der Waals surface area contributed by atoms with Gasteiger partial charge in [0.1, 0.15) is 5.82 Å². The maximum Gasteiger partial charge on any atom is 0.416 e. The van der Waals surface area contributed by atoms with Crippen LogP contribution >= 0.6 is 23.5 Å². The number of aromatic nitrogens is 5. The first-order valence-corrected chi connectivity index (χ1v) is 11.4. The molecule has 2 aromatic heterocycles. The molecule has 1 aromatic carbocycles. The molecule has 0 aliphatic heterocycles. The first-order chi connectivity index (χ1) is 14.3. The van der Waals surface area contributed by atoms with Crippen LogP contribution in [0.5, 0.6) is 0 Å². The highest BCUT2D eigenvalue weighted by Crippen LogP contribution is 2.32. The second-order valence-electron chi connectivity index (χ2n) is 6.71. The quantitative estimate of drug-likeness (QED) is 0.241. The van der Waals surface area contributed by atoms with Crippen LogP contribution in [0.3, 0.4) is 0 Å². The van der Waals surface area contributed by atoms with Gasteiger partial charge in [0.15, 0.2) is 10.3 Å². The van der Waals surface area contributed by atoms with Crippen molar-refractivity contribution in [3.05, 3.63) is 53.1 Å². The van der Waals surface area contributed by atoms with E-state index in [2.05, 4.69) is 27.1 Å². The van der Waals surface area contributed by atoms with Gasteiger partial charge in [0.2, 0.25) is 0 Å². The number of nitrogens with zero attached hydrogens (tertiary/aromatic N) is 5. The Morgan fingerprint density at radius 3 is 2.40 bits per heavy atom. The molecular weight excluding hydrogens is 431 g/mol. The van der Waals surface area contributed by atoms with Crippen LogP contribution in [0.25, 0.3) is 5.69 Å². The van der Waals surface area contributed by atoms with Gasteiger partial charge in [-0.2, -0.15) is 13.2 Å². The largest absolute Gasteiger partial charge is 0.416 e. The van der Waals surface area contributed by atoms with Crippen molar-refractivity contribution in [1.82, 2.24) is 24.7 Å². The van der Waals surface area contributed by atoms with E-state index in [1.54, 1.807) is 10.6 Å². The van der Waals surface area contributed by atoms with E-state index in [1.165, 1.54) is 29.6 Å². The van der Waals surface area contributed by atoms with E-state index in [9.17, 15) is 13.2 Å². The van der Waals surface area contributed by atoms with E-state index in [0.29, 0.717) is 27.6 Å². The molecule has 30 heavy (non-hydrogen) atoms. The standard InChI is InChI=1S/C20H22F3N5S2/c1-4-5-9-29-19-27-26-17(12-30-18-24-13(2)10-14(3)25-18)28(19)16-8-6-7-15(11-16)20(21,22)23/h6-8,10-11H,4-5,9,12H2,1-3H3. The highest BCUT2D eigenvalue weighted by molar-refractivity contribution is 7.99. The molecular formula is C20H22F3N5S2. The van der Waals surface area contributed by atoms with Crippen molar-refractivity contribution in [2.24, 2.45) is 0 Å². The van der Waals surface area contributed by atoms with Gasteiger partial charge >= 0.3 is 6.18 Å². The van der Waals surface area contributed by atoms with Crippen LogP contribution in [0, 0.1) is 13.8 Å². The molecule has 5 nitrogen and oxygen atoms in total. The summed E-state index contributed by atoms with van der Waals surface area (Å²) < 4.78 is 41.4. The summed E-state index contributed by atoms with van der Waals surface area (Å²) in [6.45, 7) is 5.88. The summed E-state index contributed by atoms with van der Waals surface area (Å²) in [5.41, 5.74) is 1.42. The number of alkyl halides is 3.